The molecule has 0 radical (unpaired) electrons. The van der Waals surface area contributed by atoms with Crippen LogP contribution in [0.5, 0.6) is 5.75 Å². The van der Waals surface area contributed by atoms with Crippen molar-refractivity contribution in [2.75, 3.05) is 18.4 Å². The Bertz CT molecular complexity index is 801. The second-order valence-corrected chi connectivity index (χ2v) is 7.89. The maximum absolute atomic E-state index is 12.6. The molecule has 2 amide bonds. The molecule has 1 N–H and O–H groups in total. The minimum atomic E-state index is -0.588. The first kappa shape index (κ1) is 19.6. The van der Waals surface area contributed by atoms with Crippen molar-refractivity contribution >= 4 is 39.9 Å². The van der Waals surface area contributed by atoms with E-state index < -0.39 is 6.10 Å². The summed E-state index contributed by atoms with van der Waals surface area (Å²) in [5.74, 6) is 0.403. The lowest BCUT2D eigenvalue weighted by molar-refractivity contribution is -0.140. The Labute approximate surface area is 167 Å². The number of aromatic nitrogens is 1. The average Bonchev–Trinajstić information content (AvgIpc) is 3.07. The number of nitrogens with one attached hydrogen (secondary N) is 1. The summed E-state index contributed by atoms with van der Waals surface area (Å²) in [5, 5.41) is 6.01. The predicted molar refractivity (Wildman–Crippen MR) is 106 cm³/mol. The summed E-state index contributed by atoms with van der Waals surface area (Å²) in [6, 6.07) is 6.93. The van der Waals surface area contributed by atoms with Crippen LogP contribution in [0.25, 0.3) is 0 Å². The van der Waals surface area contributed by atoms with Gasteiger partial charge in [0.15, 0.2) is 11.2 Å². The molecule has 6 nitrogen and oxygen atoms in total. The van der Waals surface area contributed by atoms with Gasteiger partial charge in [0, 0.05) is 29.4 Å². The molecule has 1 atom stereocenters. The van der Waals surface area contributed by atoms with Crippen molar-refractivity contribution in [1.29, 1.82) is 0 Å². The van der Waals surface area contributed by atoms with E-state index >= 15 is 0 Å². The molecule has 0 saturated carbocycles. The van der Waals surface area contributed by atoms with E-state index in [0.717, 1.165) is 5.69 Å². The average molecular weight is 408 g/mol. The van der Waals surface area contributed by atoms with Crippen molar-refractivity contribution in [2.24, 2.45) is 5.92 Å². The number of anilines is 1. The van der Waals surface area contributed by atoms with Crippen LogP contribution >= 0.6 is 22.9 Å². The highest BCUT2D eigenvalue weighted by Gasteiger charge is 2.30. The predicted octanol–water partition coefficient (Wildman–Crippen LogP) is 3.75. The first-order valence-corrected chi connectivity index (χ1v) is 10.1. The van der Waals surface area contributed by atoms with Crippen LogP contribution in [0.3, 0.4) is 0 Å². The van der Waals surface area contributed by atoms with Gasteiger partial charge in [-0.15, -0.1) is 11.3 Å². The number of ether oxygens (including phenoxy) is 1. The molecule has 1 aliphatic heterocycles. The molecular formula is C19H22ClN3O3S. The maximum Gasteiger partial charge on any atom is 0.263 e. The third-order valence-corrected chi connectivity index (χ3v) is 5.63. The van der Waals surface area contributed by atoms with E-state index in [-0.39, 0.29) is 17.7 Å². The molecule has 0 bridgehead atoms. The summed E-state index contributed by atoms with van der Waals surface area (Å²) in [5.41, 5.74) is 0.894. The van der Waals surface area contributed by atoms with E-state index in [1.54, 1.807) is 36.1 Å². The van der Waals surface area contributed by atoms with Gasteiger partial charge in [-0.1, -0.05) is 11.6 Å². The summed E-state index contributed by atoms with van der Waals surface area (Å²) in [6.45, 7) is 4.72. The van der Waals surface area contributed by atoms with Crippen LogP contribution in [0.15, 0.2) is 29.6 Å². The van der Waals surface area contributed by atoms with Gasteiger partial charge in [-0.05, 0) is 51.0 Å². The van der Waals surface area contributed by atoms with Gasteiger partial charge in [0.1, 0.15) is 5.75 Å². The summed E-state index contributed by atoms with van der Waals surface area (Å²) in [7, 11) is 0. The maximum atomic E-state index is 12.6. The largest absolute Gasteiger partial charge is 0.481 e. The van der Waals surface area contributed by atoms with Gasteiger partial charge in [-0.3, -0.25) is 9.59 Å². The second-order valence-electron chi connectivity index (χ2n) is 6.60. The van der Waals surface area contributed by atoms with E-state index in [1.807, 2.05) is 12.3 Å². The number of carbonyl (C=O) groups is 2. The molecule has 1 aromatic heterocycles. The SMILES string of the molecule is Cc1csc(NC(=O)C2CCN(C(=O)C(C)Oc3ccc(Cl)cc3)CC2)n1. The van der Waals surface area contributed by atoms with Crippen LogP contribution in [-0.4, -0.2) is 40.9 Å². The van der Waals surface area contributed by atoms with Crippen LogP contribution in [-0.2, 0) is 9.59 Å². The number of benzene rings is 1. The molecular weight excluding hydrogens is 386 g/mol. The Morgan fingerprint density at radius 3 is 2.56 bits per heavy atom. The van der Waals surface area contributed by atoms with Crippen LogP contribution in [0.2, 0.25) is 5.02 Å². The fourth-order valence-corrected chi connectivity index (χ4v) is 3.82. The van der Waals surface area contributed by atoms with Gasteiger partial charge in [0.25, 0.3) is 5.91 Å². The van der Waals surface area contributed by atoms with E-state index in [1.165, 1.54) is 11.3 Å². The number of piperidine rings is 1. The van der Waals surface area contributed by atoms with E-state index in [2.05, 4.69) is 10.3 Å². The monoisotopic (exact) mass is 407 g/mol. The fourth-order valence-electron chi connectivity index (χ4n) is 3.01. The molecule has 0 aliphatic carbocycles. The second kappa shape index (κ2) is 8.71. The zero-order chi connectivity index (χ0) is 19.4. The lowest BCUT2D eigenvalue weighted by Crippen LogP contribution is -2.46. The van der Waals surface area contributed by atoms with E-state index in [4.69, 9.17) is 16.3 Å². The zero-order valence-corrected chi connectivity index (χ0v) is 16.8. The molecule has 27 heavy (non-hydrogen) atoms. The first-order valence-electron chi connectivity index (χ1n) is 8.86. The molecule has 3 rings (SSSR count). The van der Waals surface area contributed by atoms with Gasteiger partial charge < -0.3 is 15.0 Å². The van der Waals surface area contributed by atoms with Crippen molar-refractivity contribution in [3.63, 3.8) is 0 Å². The van der Waals surface area contributed by atoms with Crippen LogP contribution in [0.4, 0.5) is 5.13 Å². The zero-order valence-electron chi connectivity index (χ0n) is 15.3. The van der Waals surface area contributed by atoms with Crippen molar-refractivity contribution in [3.05, 3.63) is 40.4 Å². The molecule has 144 valence electrons. The molecule has 1 saturated heterocycles. The Hall–Kier alpha value is -2.12. The Morgan fingerprint density at radius 2 is 1.96 bits per heavy atom. The van der Waals surface area contributed by atoms with Gasteiger partial charge in [-0.25, -0.2) is 4.98 Å². The standard InChI is InChI=1S/C19H22ClN3O3S/c1-12-11-27-19(21-12)22-17(24)14-7-9-23(10-8-14)18(25)13(2)26-16-5-3-15(20)4-6-16/h3-6,11,13-14H,7-10H2,1-2H3,(H,21,22,24). The summed E-state index contributed by atoms with van der Waals surface area (Å²) >= 11 is 7.28. The highest BCUT2D eigenvalue weighted by molar-refractivity contribution is 7.13. The van der Waals surface area contributed by atoms with Gasteiger partial charge in [0.05, 0.1) is 5.69 Å². The van der Waals surface area contributed by atoms with E-state index in [0.29, 0.717) is 41.8 Å². The van der Waals surface area contributed by atoms with Crippen molar-refractivity contribution in [2.45, 2.75) is 32.8 Å². The summed E-state index contributed by atoms with van der Waals surface area (Å²) in [4.78, 5) is 31.0. The number of hydrogen-bond acceptors (Lipinski definition) is 5. The Kier molecular flexibility index (Phi) is 6.34. The molecule has 8 heteroatoms. The van der Waals surface area contributed by atoms with Crippen molar-refractivity contribution in [1.82, 2.24) is 9.88 Å². The minimum Gasteiger partial charge on any atom is -0.481 e. The summed E-state index contributed by atoms with van der Waals surface area (Å²) < 4.78 is 5.70. The smallest absolute Gasteiger partial charge is 0.263 e. The number of carbonyl (C=O) groups excluding carboxylic acids is 2. The van der Waals surface area contributed by atoms with Crippen LogP contribution in [0.1, 0.15) is 25.5 Å². The molecule has 1 unspecified atom stereocenters. The number of hydrogen-bond donors (Lipinski definition) is 1. The number of likely N-dealkylation sites (tertiary alicyclic amines) is 1. The molecule has 0 spiro atoms. The van der Waals surface area contributed by atoms with Crippen LogP contribution in [0, 0.1) is 12.8 Å². The quantitative estimate of drug-likeness (QED) is 0.819. The molecule has 1 aliphatic rings. The first-order chi connectivity index (χ1) is 12.9. The number of aryl methyl sites for hydroxylation is 1. The lowest BCUT2D eigenvalue weighted by Gasteiger charge is -2.32. The Morgan fingerprint density at radius 1 is 1.30 bits per heavy atom. The number of halogens is 1. The topological polar surface area (TPSA) is 71.5 Å². The van der Waals surface area contributed by atoms with Gasteiger partial charge in [0.2, 0.25) is 5.91 Å². The van der Waals surface area contributed by atoms with Gasteiger partial charge in [-0.2, -0.15) is 0 Å². The van der Waals surface area contributed by atoms with Crippen molar-refractivity contribution < 1.29 is 14.3 Å². The third-order valence-electron chi connectivity index (χ3n) is 4.50. The lowest BCUT2D eigenvalue weighted by atomic mass is 9.95. The third kappa shape index (κ3) is 5.20. The van der Waals surface area contributed by atoms with Crippen molar-refractivity contribution in [3.8, 4) is 5.75 Å². The van der Waals surface area contributed by atoms with E-state index in [9.17, 15) is 9.59 Å². The molecule has 1 aromatic carbocycles. The highest BCUT2D eigenvalue weighted by Crippen LogP contribution is 2.23. The summed E-state index contributed by atoms with van der Waals surface area (Å²) in [6.07, 6.45) is 0.681. The number of thiazole rings is 1. The number of nitrogens with zero attached hydrogens (tertiary/aromatic N) is 2. The van der Waals surface area contributed by atoms with Crippen LogP contribution < -0.4 is 10.1 Å². The fraction of sp³-hybridized carbons (Fsp3) is 0.421. The molecule has 1 fully saturated rings. The number of amides is 2. The highest BCUT2D eigenvalue weighted by atomic mass is 35.5. The van der Waals surface area contributed by atoms with Gasteiger partial charge >= 0.3 is 0 Å². The molecule has 2 heterocycles. The molecule has 2 aromatic rings. The number of rotatable bonds is 5. The Balaban J connectivity index is 1.48. The minimum absolute atomic E-state index is 0.0260. The normalized spacial score (nSPS) is 16.0.